The summed E-state index contributed by atoms with van der Waals surface area (Å²) in [5.74, 6) is 1.87. The van der Waals surface area contributed by atoms with E-state index < -0.39 is 0 Å². The lowest BCUT2D eigenvalue weighted by Gasteiger charge is -2.25. The van der Waals surface area contributed by atoms with Crippen LogP contribution in [0.15, 0.2) is 42.6 Å². The summed E-state index contributed by atoms with van der Waals surface area (Å²) in [7, 11) is 4.68. The Morgan fingerprint density at radius 3 is 2.33 bits per heavy atom. The molecule has 3 heterocycles. The van der Waals surface area contributed by atoms with Gasteiger partial charge < -0.3 is 19.5 Å². The van der Waals surface area contributed by atoms with Gasteiger partial charge in [-0.2, -0.15) is 14.9 Å². The van der Waals surface area contributed by atoms with Crippen LogP contribution in [0.25, 0.3) is 17.2 Å². The maximum atomic E-state index is 12.9. The van der Waals surface area contributed by atoms with E-state index >= 15 is 0 Å². The van der Waals surface area contributed by atoms with Crippen LogP contribution in [0.2, 0.25) is 0 Å². The lowest BCUT2D eigenvalue weighted by Crippen LogP contribution is -2.25. The highest BCUT2D eigenvalue weighted by atomic mass is 16.5. The first-order chi connectivity index (χ1) is 17.4. The molecule has 1 aliphatic rings. The molecule has 4 aromatic rings. The number of carbonyl (C=O) groups excluding carboxylic acids is 1. The van der Waals surface area contributed by atoms with Gasteiger partial charge in [0.25, 0.3) is 5.95 Å². The summed E-state index contributed by atoms with van der Waals surface area (Å²) in [6, 6.07) is 11.7. The van der Waals surface area contributed by atoms with Gasteiger partial charge in [-0.25, -0.2) is 4.98 Å². The highest BCUT2D eigenvalue weighted by Gasteiger charge is 2.34. The van der Waals surface area contributed by atoms with Crippen LogP contribution in [0.1, 0.15) is 34.7 Å². The first kappa shape index (κ1) is 23.3. The summed E-state index contributed by atoms with van der Waals surface area (Å²) >= 11 is 0. The van der Waals surface area contributed by atoms with Crippen LogP contribution in [-0.4, -0.2) is 52.2 Å². The number of aryl methyl sites for hydroxylation is 2. The summed E-state index contributed by atoms with van der Waals surface area (Å²) in [4.78, 5) is 17.5. The molecule has 0 saturated carbocycles. The van der Waals surface area contributed by atoms with Crippen molar-refractivity contribution < 1.29 is 19.0 Å². The van der Waals surface area contributed by atoms with Gasteiger partial charge >= 0.3 is 0 Å². The van der Waals surface area contributed by atoms with Crippen LogP contribution in [-0.2, 0) is 4.79 Å². The molecular weight excluding hydrogens is 460 g/mol. The van der Waals surface area contributed by atoms with Gasteiger partial charge in [-0.1, -0.05) is 29.8 Å². The van der Waals surface area contributed by atoms with Crippen molar-refractivity contribution in [3.63, 3.8) is 0 Å². The molecule has 36 heavy (non-hydrogen) atoms. The zero-order chi connectivity index (χ0) is 25.4. The molecule has 1 atom stereocenters. The number of amides is 1. The van der Waals surface area contributed by atoms with Crippen LogP contribution < -0.4 is 19.5 Å². The number of nitrogens with zero attached hydrogens (tertiary/aromatic N) is 5. The van der Waals surface area contributed by atoms with E-state index in [0.29, 0.717) is 28.8 Å². The fourth-order valence-corrected chi connectivity index (χ4v) is 4.53. The van der Waals surface area contributed by atoms with E-state index in [2.05, 4.69) is 20.5 Å². The molecule has 0 saturated heterocycles. The summed E-state index contributed by atoms with van der Waals surface area (Å²) in [5.41, 5.74) is 5.18. The molecule has 10 heteroatoms. The molecule has 5 rings (SSSR count). The average molecular weight is 487 g/mol. The Balaban J connectivity index is 1.62. The fourth-order valence-electron chi connectivity index (χ4n) is 4.53. The molecule has 0 unspecified atom stereocenters. The van der Waals surface area contributed by atoms with E-state index in [0.717, 1.165) is 27.9 Å². The topological polar surface area (TPSA) is 113 Å². The molecule has 0 spiro atoms. The lowest BCUT2D eigenvalue weighted by molar-refractivity contribution is -0.116. The number of carbonyl (C=O) groups is 1. The second-order valence-corrected chi connectivity index (χ2v) is 8.53. The third-order valence-electron chi connectivity index (χ3n) is 6.28. The number of hydrogen-bond donors (Lipinski definition) is 1. The van der Waals surface area contributed by atoms with Gasteiger partial charge in [0.2, 0.25) is 11.7 Å². The Morgan fingerprint density at radius 2 is 1.69 bits per heavy atom. The van der Waals surface area contributed by atoms with Crippen molar-refractivity contribution in [3.8, 4) is 34.5 Å². The highest BCUT2D eigenvalue weighted by Crippen LogP contribution is 2.45. The number of ether oxygens (including phenoxy) is 3. The van der Waals surface area contributed by atoms with Crippen LogP contribution in [0, 0.1) is 13.8 Å². The minimum absolute atomic E-state index is 0.148. The fraction of sp³-hybridized carbons (Fsp3) is 0.269. The molecular formula is C26H26N6O4. The number of methoxy groups -OCH3 is 3. The first-order valence-corrected chi connectivity index (χ1v) is 11.4. The largest absolute Gasteiger partial charge is 0.493 e. The number of fused-ring (bicyclic) bond motifs is 1. The number of hydrogen-bond acceptors (Lipinski definition) is 8. The number of nitrogens with one attached hydrogen (secondary N) is 1. The van der Waals surface area contributed by atoms with Crippen molar-refractivity contribution in [2.75, 3.05) is 26.6 Å². The smallest absolute Gasteiger partial charge is 0.272 e. The molecule has 2 aromatic heterocycles. The third kappa shape index (κ3) is 4.00. The Kier molecular flexibility index (Phi) is 6.01. The van der Waals surface area contributed by atoms with Gasteiger partial charge in [0.1, 0.15) is 5.82 Å². The SMILES string of the molecule is COc1cc([C@@H]2CC(=O)Nc3c2c(C)nn3-c2nncc(-c3ccc(C)cc3)n2)cc(OC)c1OC. The number of rotatable bonds is 6. The zero-order valence-electron chi connectivity index (χ0n) is 20.7. The van der Waals surface area contributed by atoms with Crippen LogP contribution >= 0.6 is 0 Å². The molecule has 0 fully saturated rings. The quantitative estimate of drug-likeness (QED) is 0.437. The monoisotopic (exact) mass is 486 g/mol. The Bertz CT molecular complexity index is 1420. The van der Waals surface area contributed by atoms with Crippen molar-refractivity contribution in [2.24, 2.45) is 0 Å². The molecule has 0 bridgehead atoms. The van der Waals surface area contributed by atoms with E-state index in [9.17, 15) is 4.79 Å². The Hall–Kier alpha value is -4.47. The minimum atomic E-state index is -0.288. The van der Waals surface area contributed by atoms with E-state index in [4.69, 9.17) is 19.3 Å². The van der Waals surface area contributed by atoms with Gasteiger partial charge in [0.15, 0.2) is 11.5 Å². The van der Waals surface area contributed by atoms with Gasteiger partial charge in [0.05, 0.1) is 38.9 Å². The lowest BCUT2D eigenvalue weighted by atomic mass is 9.85. The third-order valence-corrected chi connectivity index (χ3v) is 6.28. The average Bonchev–Trinajstić information content (AvgIpc) is 3.23. The van der Waals surface area contributed by atoms with E-state index in [1.165, 1.54) is 4.68 Å². The molecule has 184 valence electrons. The molecule has 1 aliphatic heterocycles. The summed E-state index contributed by atoms with van der Waals surface area (Å²) in [6.45, 7) is 3.92. The van der Waals surface area contributed by atoms with Crippen molar-refractivity contribution in [1.82, 2.24) is 25.0 Å². The second kappa shape index (κ2) is 9.29. The van der Waals surface area contributed by atoms with Crippen molar-refractivity contribution >= 4 is 11.7 Å². The Labute approximate surface area is 208 Å². The second-order valence-electron chi connectivity index (χ2n) is 8.53. The number of anilines is 1. The van der Waals surface area contributed by atoms with Crippen molar-refractivity contribution in [2.45, 2.75) is 26.2 Å². The molecule has 10 nitrogen and oxygen atoms in total. The van der Waals surface area contributed by atoms with Crippen LogP contribution in [0.4, 0.5) is 5.82 Å². The Morgan fingerprint density at radius 1 is 1.00 bits per heavy atom. The van der Waals surface area contributed by atoms with Gasteiger partial charge in [-0.15, -0.1) is 5.10 Å². The van der Waals surface area contributed by atoms with E-state index in [1.807, 2.05) is 50.2 Å². The predicted molar refractivity (Wildman–Crippen MR) is 133 cm³/mol. The van der Waals surface area contributed by atoms with Crippen molar-refractivity contribution in [1.29, 1.82) is 0 Å². The molecule has 1 amide bonds. The number of benzene rings is 2. The standard InChI is InChI=1S/C26H26N6O4/c1-14-6-8-16(9-7-14)19-13-27-30-26(28-19)32-25-23(15(2)31-32)18(12-22(33)29-25)17-10-20(34-3)24(36-5)21(11-17)35-4/h6-11,13,18H,12H2,1-5H3,(H,29,33)/t18-/m0/s1. The van der Waals surface area contributed by atoms with Crippen LogP contribution in [0.5, 0.6) is 17.2 Å². The summed E-state index contributed by atoms with van der Waals surface area (Å²) in [6.07, 6.45) is 1.84. The van der Waals surface area contributed by atoms with Crippen LogP contribution in [0.3, 0.4) is 0 Å². The highest BCUT2D eigenvalue weighted by molar-refractivity contribution is 5.95. The van der Waals surface area contributed by atoms with E-state index in [1.54, 1.807) is 27.5 Å². The normalized spacial score (nSPS) is 14.7. The molecule has 2 aromatic carbocycles. The van der Waals surface area contributed by atoms with Gasteiger partial charge in [0, 0.05) is 23.5 Å². The number of aromatic nitrogens is 5. The molecule has 0 aliphatic carbocycles. The van der Waals surface area contributed by atoms with Gasteiger partial charge in [-0.3, -0.25) is 4.79 Å². The minimum Gasteiger partial charge on any atom is -0.493 e. The van der Waals surface area contributed by atoms with Gasteiger partial charge in [-0.05, 0) is 31.5 Å². The summed E-state index contributed by atoms with van der Waals surface area (Å²) in [5, 5.41) is 16.0. The first-order valence-electron chi connectivity index (χ1n) is 11.4. The maximum absolute atomic E-state index is 12.9. The zero-order valence-corrected chi connectivity index (χ0v) is 20.7. The maximum Gasteiger partial charge on any atom is 0.272 e. The predicted octanol–water partition coefficient (Wildman–Crippen LogP) is 3.84. The molecule has 1 N–H and O–H groups in total. The summed E-state index contributed by atoms with van der Waals surface area (Å²) < 4.78 is 18.1. The van der Waals surface area contributed by atoms with Crippen molar-refractivity contribution in [3.05, 3.63) is 65.0 Å². The van der Waals surface area contributed by atoms with E-state index in [-0.39, 0.29) is 24.2 Å². The molecule has 0 radical (unpaired) electrons.